The van der Waals surface area contributed by atoms with Gasteiger partial charge in [-0.05, 0) is 6.07 Å². The quantitative estimate of drug-likeness (QED) is 0.375. The molecule has 1 saturated heterocycles. The highest BCUT2D eigenvalue weighted by Crippen LogP contribution is 2.52. The van der Waals surface area contributed by atoms with Crippen LogP contribution in [0.1, 0.15) is 0 Å². The van der Waals surface area contributed by atoms with E-state index in [0.717, 1.165) is 0 Å². The third-order valence-corrected chi connectivity index (χ3v) is 8.51. The molecule has 0 spiro atoms. The fourth-order valence-corrected chi connectivity index (χ4v) is 6.32. The summed E-state index contributed by atoms with van der Waals surface area (Å²) < 4.78 is 74.0. The highest BCUT2D eigenvalue weighted by molar-refractivity contribution is 7.89. The van der Waals surface area contributed by atoms with E-state index in [2.05, 4.69) is 5.32 Å². The first-order valence-corrected chi connectivity index (χ1v) is 13.6. The zero-order valence-electron chi connectivity index (χ0n) is 23.3. The molecule has 40 heavy (non-hydrogen) atoms. The lowest BCUT2D eigenvalue weighted by atomic mass is 10.1. The maximum absolute atomic E-state index is 14.0. The van der Waals surface area contributed by atoms with E-state index in [1.54, 1.807) is 0 Å². The Morgan fingerprint density at radius 1 is 0.725 bits per heavy atom. The fourth-order valence-electron chi connectivity index (χ4n) is 4.70. The molecule has 0 atom stereocenters. The topological polar surface area (TPSA) is 144 Å². The predicted molar refractivity (Wildman–Crippen MR) is 145 cm³/mol. The Labute approximate surface area is 231 Å². The largest absolute Gasteiger partial charge is 0.493 e. The normalized spacial score (nSPS) is 14.1. The number of methoxy groups -OCH3 is 7. The first-order valence-electron chi connectivity index (χ1n) is 12.1. The summed E-state index contributed by atoms with van der Waals surface area (Å²) in [6.07, 6.45) is 0. The van der Waals surface area contributed by atoms with Crippen LogP contribution < -0.4 is 43.9 Å². The average molecular weight is 581 g/mol. The number of fused-ring (bicyclic) bond motifs is 1. The van der Waals surface area contributed by atoms with Crippen molar-refractivity contribution in [1.82, 2.24) is 9.62 Å². The number of nitrogens with one attached hydrogen (secondary N) is 1. The van der Waals surface area contributed by atoms with Crippen LogP contribution in [0.25, 0.3) is 22.3 Å². The number of nitrogens with zero attached hydrogens (tertiary/aromatic N) is 1. The van der Waals surface area contributed by atoms with Crippen LogP contribution in [0.3, 0.4) is 0 Å². The summed E-state index contributed by atoms with van der Waals surface area (Å²) in [6, 6.07) is 2.76. The lowest BCUT2D eigenvalue weighted by Crippen LogP contribution is -2.46. The molecule has 0 amide bonds. The van der Waals surface area contributed by atoms with E-state index < -0.39 is 15.5 Å². The Kier molecular flexibility index (Phi) is 8.51. The van der Waals surface area contributed by atoms with Gasteiger partial charge in [0.1, 0.15) is 5.39 Å². The molecule has 0 saturated carbocycles. The molecule has 13 nitrogen and oxygen atoms in total. The van der Waals surface area contributed by atoms with Gasteiger partial charge in [-0.1, -0.05) is 0 Å². The van der Waals surface area contributed by atoms with Gasteiger partial charge in [-0.3, -0.25) is 4.79 Å². The number of ether oxygens (including phenoxy) is 7. The van der Waals surface area contributed by atoms with Crippen molar-refractivity contribution in [3.8, 4) is 51.6 Å². The summed E-state index contributed by atoms with van der Waals surface area (Å²) in [7, 11) is 5.47. The molecule has 14 heteroatoms. The molecule has 1 aliphatic heterocycles. The summed E-state index contributed by atoms with van der Waals surface area (Å²) >= 11 is 0. The number of benzene rings is 2. The molecule has 2 aromatic carbocycles. The van der Waals surface area contributed by atoms with Gasteiger partial charge in [0.15, 0.2) is 28.6 Å². The van der Waals surface area contributed by atoms with E-state index in [4.69, 9.17) is 37.6 Å². The first kappa shape index (κ1) is 29.1. The van der Waals surface area contributed by atoms with Gasteiger partial charge in [0.2, 0.25) is 38.5 Å². The molecule has 2 heterocycles. The molecule has 0 radical (unpaired) electrons. The molecule has 0 bridgehead atoms. The third kappa shape index (κ3) is 4.61. The average Bonchev–Trinajstić information content (AvgIpc) is 2.99. The highest BCUT2D eigenvalue weighted by Gasteiger charge is 2.35. The Morgan fingerprint density at radius 2 is 1.25 bits per heavy atom. The molecule has 1 fully saturated rings. The van der Waals surface area contributed by atoms with Gasteiger partial charge in [-0.2, -0.15) is 4.31 Å². The van der Waals surface area contributed by atoms with Crippen molar-refractivity contribution in [2.24, 2.45) is 0 Å². The monoisotopic (exact) mass is 580 g/mol. The summed E-state index contributed by atoms with van der Waals surface area (Å²) in [6.45, 7) is 1.46. The molecule has 218 valence electrons. The molecular formula is C26H32N2O11S. The van der Waals surface area contributed by atoms with Gasteiger partial charge in [-0.15, -0.1) is 0 Å². The molecular weight excluding hydrogens is 548 g/mol. The molecule has 0 aliphatic carbocycles. The van der Waals surface area contributed by atoms with Crippen molar-refractivity contribution in [1.29, 1.82) is 0 Å². The molecule has 1 aliphatic rings. The first-order chi connectivity index (χ1) is 19.2. The number of sulfonamides is 1. The minimum Gasteiger partial charge on any atom is -0.493 e. The van der Waals surface area contributed by atoms with Gasteiger partial charge in [-0.25, -0.2) is 8.42 Å². The smallest absolute Gasteiger partial charge is 0.244 e. The second-order valence-electron chi connectivity index (χ2n) is 8.49. The van der Waals surface area contributed by atoms with Crippen molar-refractivity contribution in [2.75, 3.05) is 75.9 Å². The molecule has 1 N–H and O–H groups in total. The maximum Gasteiger partial charge on any atom is 0.244 e. The molecule has 3 aromatic rings. The van der Waals surface area contributed by atoms with E-state index in [-0.39, 0.29) is 80.5 Å². The summed E-state index contributed by atoms with van der Waals surface area (Å²) in [5.74, 6) is 0.189. The van der Waals surface area contributed by atoms with Crippen LogP contribution in [-0.4, -0.2) is 88.7 Å². The second-order valence-corrected chi connectivity index (χ2v) is 10.4. The van der Waals surface area contributed by atoms with Crippen LogP contribution >= 0.6 is 0 Å². The number of hydrogen-bond donors (Lipinski definition) is 1. The Balaban J connectivity index is 2.19. The van der Waals surface area contributed by atoms with Gasteiger partial charge >= 0.3 is 0 Å². The van der Waals surface area contributed by atoms with Gasteiger partial charge in [0.05, 0.1) is 54.7 Å². The van der Waals surface area contributed by atoms with Crippen LogP contribution in [0, 0.1) is 0 Å². The van der Waals surface area contributed by atoms with Gasteiger partial charge < -0.3 is 42.9 Å². The number of rotatable bonds is 10. The van der Waals surface area contributed by atoms with Gasteiger partial charge in [0.25, 0.3) is 0 Å². The van der Waals surface area contributed by atoms with E-state index in [1.165, 1.54) is 66.2 Å². The van der Waals surface area contributed by atoms with E-state index in [0.29, 0.717) is 13.1 Å². The maximum atomic E-state index is 14.0. The SMILES string of the molecule is COc1cc(-c2oc3c(OC)c(OC)c(OC)c(OC)c3c(=O)c2OC)c(S(=O)(=O)N2CCNCC2)cc1OC. The Bertz CT molecular complexity index is 1580. The van der Waals surface area contributed by atoms with Crippen molar-refractivity contribution < 1.29 is 46.0 Å². The molecule has 4 rings (SSSR count). The zero-order valence-corrected chi connectivity index (χ0v) is 24.1. The Hall–Kier alpha value is -3.88. The van der Waals surface area contributed by atoms with Crippen LogP contribution in [-0.2, 0) is 10.0 Å². The standard InChI is InChI=1S/C26H32N2O11S/c1-32-15-12-14(17(13-16(15)33-2)40(30,31)28-10-8-27-9-11-28)20-23(35-4)19(29)18-21(34-3)24(36-5)26(38-7)25(37-6)22(18)39-20/h12-13,27H,8-11H2,1-7H3. The predicted octanol–water partition coefficient (Wildman–Crippen LogP) is 2.11. The minimum atomic E-state index is -4.10. The van der Waals surface area contributed by atoms with Crippen LogP contribution in [0.5, 0.6) is 40.2 Å². The van der Waals surface area contributed by atoms with E-state index in [1.807, 2.05) is 0 Å². The number of piperazine rings is 1. The van der Waals surface area contributed by atoms with E-state index >= 15 is 0 Å². The highest BCUT2D eigenvalue weighted by atomic mass is 32.2. The van der Waals surface area contributed by atoms with Crippen molar-refractivity contribution in [2.45, 2.75) is 4.90 Å². The van der Waals surface area contributed by atoms with Crippen LogP contribution in [0.15, 0.2) is 26.2 Å². The van der Waals surface area contributed by atoms with E-state index in [9.17, 15) is 13.2 Å². The second kappa shape index (κ2) is 11.7. The lowest BCUT2D eigenvalue weighted by Gasteiger charge is -2.28. The lowest BCUT2D eigenvalue weighted by molar-refractivity contribution is 0.306. The van der Waals surface area contributed by atoms with Crippen molar-refractivity contribution in [3.63, 3.8) is 0 Å². The molecule has 1 aromatic heterocycles. The van der Waals surface area contributed by atoms with Crippen molar-refractivity contribution in [3.05, 3.63) is 22.4 Å². The van der Waals surface area contributed by atoms with Gasteiger partial charge in [0, 0.05) is 37.8 Å². The van der Waals surface area contributed by atoms with Crippen LogP contribution in [0.4, 0.5) is 0 Å². The molecule has 0 unspecified atom stereocenters. The van der Waals surface area contributed by atoms with Crippen molar-refractivity contribution >= 4 is 21.0 Å². The third-order valence-electron chi connectivity index (χ3n) is 6.57. The summed E-state index contributed by atoms with van der Waals surface area (Å²) in [4.78, 5) is 13.8. The zero-order chi connectivity index (χ0) is 29.2. The number of hydrogen-bond acceptors (Lipinski definition) is 12. The van der Waals surface area contributed by atoms with Crippen LogP contribution in [0.2, 0.25) is 0 Å². The minimum absolute atomic E-state index is 0.0165. The fraction of sp³-hybridized carbons (Fsp3) is 0.423. The summed E-state index contributed by atoms with van der Waals surface area (Å²) in [5, 5.41) is 3.09. The summed E-state index contributed by atoms with van der Waals surface area (Å²) in [5.41, 5.74) is -0.712. The Morgan fingerprint density at radius 3 is 1.77 bits per heavy atom.